The first-order valence-electron chi connectivity index (χ1n) is 8.43. The molecule has 0 saturated carbocycles. The number of para-hydroxylation sites is 2. The van der Waals surface area contributed by atoms with Crippen LogP contribution >= 0.6 is 11.3 Å². The molecular weight excluding hydrogens is 332 g/mol. The Labute approximate surface area is 150 Å². The molecule has 1 fully saturated rings. The molecule has 0 radical (unpaired) electrons. The van der Waals surface area contributed by atoms with Crippen LogP contribution in [0.2, 0.25) is 0 Å². The second-order valence-corrected chi connectivity index (χ2v) is 7.20. The van der Waals surface area contributed by atoms with Crippen LogP contribution in [-0.2, 0) is 0 Å². The summed E-state index contributed by atoms with van der Waals surface area (Å²) in [5.74, 6) is 0. The Hall–Kier alpha value is -2.60. The second kappa shape index (κ2) is 6.72. The van der Waals surface area contributed by atoms with Crippen molar-refractivity contribution in [3.63, 3.8) is 0 Å². The van der Waals surface area contributed by atoms with E-state index in [1.165, 1.54) is 10.3 Å². The second-order valence-electron chi connectivity index (χ2n) is 6.19. The molecule has 2 amide bonds. The summed E-state index contributed by atoms with van der Waals surface area (Å²) in [6, 6.07) is 15.8. The summed E-state index contributed by atoms with van der Waals surface area (Å²) in [5, 5.41) is 4.00. The lowest BCUT2D eigenvalue weighted by molar-refractivity contribution is 0.208. The number of nitrogens with zero attached hydrogens (tertiary/aromatic N) is 3. The Kier molecular flexibility index (Phi) is 4.28. The summed E-state index contributed by atoms with van der Waals surface area (Å²) >= 11 is 1.73. The zero-order chi connectivity index (χ0) is 17.2. The van der Waals surface area contributed by atoms with E-state index < -0.39 is 0 Å². The molecule has 1 aromatic heterocycles. The first-order valence-corrected chi connectivity index (χ1v) is 9.24. The molecule has 0 spiro atoms. The Morgan fingerprint density at radius 1 is 1.04 bits per heavy atom. The van der Waals surface area contributed by atoms with Crippen molar-refractivity contribution in [2.45, 2.75) is 6.92 Å². The molecule has 4 rings (SSSR count). The minimum Gasteiger partial charge on any atom is -0.345 e. The highest BCUT2D eigenvalue weighted by Crippen LogP contribution is 2.31. The van der Waals surface area contributed by atoms with Gasteiger partial charge in [0, 0.05) is 31.9 Å². The predicted molar refractivity (Wildman–Crippen MR) is 104 cm³/mol. The van der Waals surface area contributed by atoms with Gasteiger partial charge in [0.25, 0.3) is 0 Å². The van der Waals surface area contributed by atoms with Crippen LogP contribution in [0.1, 0.15) is 5.56 Å². The van der Waals surface area contributed by atoms with E-state index in [1.807, 2.05) is 35.2 Å². The van der Waals surface area contributed by atoms with Crippen LogP contribution in [0.15, 0.2) is 48.5 Å². The van der Waals surface area contributed by atoms with Crippen LogP contribution in [0.3, 0.4) is 0 Å². The van der Waals surface area contributed by atoms with Crippen LogP contribution in [0.5, 0.6) is 0 Å². The first kappa shape index (κ1) is 15.9. The lowest BCUT2D eigenvalue weighted by atomic mass is 10.2. The number of piperazine rings is 1. The van der Waals surface area contributed by atoms with Crippen LogP contribution in [0.4, 0.5) is 15.6 Å². The molecular formula is C19H20N4OS. The molecule has 128 valence electrons. The normalized spacial score (nSPS) is 14.8. The zero-order valence-corrected chi connectivity index (χ0v) is 14.9. The van der Waals surface area contributed by atoms with E-state index in [1.54, 1.807) is 11.3 Å². The van der Waals surface area contributed by atoms with E-state index in [2.05, 4.69) is 35.3 Å². The van der Waals surface area contributed by atoms with Crippen LogP contribution in [0, 0.1) is 6.92 Å². The fourth-order valence-corrected chi connectivity index (χ4v) is 4.13. The number of amides is 2. The number of benzene rings is 2. The minimum atomic E-state index is -0.0361. The van der Waals surface area contributed by atoms with Gasteiger partial charge in [0.15, 0.2) is 5.13 Å². The van der Waals surface area contributed by atoms with E-state index in [9.17, 15) is 4.79 Å². The SMILES string of the molecule is Cc1cccc2sc(N3CCN(C(=O)Nc4ccccc4)CC3)nc12. The maximum Gasteiger partial charge on any atom is 0.321 e. The van der Waals surface area contributed by atoms with Crippen LogP contribution in [-0.4, -0.2) is 42.1 Å². The largest absolute Gasteiger partial charge is 0.345 e. The molecule has 6 heteroatoms. The summed E-state index contributed by atoms with van der Waals surface area (Å²) < 4.78 is 1.22. The third kappa shape index (κ3) is 3.30. The highest BCUT2D eigenvalue weighted by molar-refractivity contribution is 7.22. The first-order chi connectivity index (χ1) is 12.2. The molecule has 25 heavy (non-hydrogen) atoms. The Morgan fingerprint density at radius 2 is 1.80 bits per heavy atom. The number of carbonyl (C=O) groups excluding carboxylic acids is 1. The number of hydrogen-bond donors (Lipinski definition) is 1. The average Bonchev–Trinajstić information content (AvgIpc) is 3.08. The molecule has 0 aliphatic carbocycles. The maximum absolute atomic E-state index is 12.4. The van der Waals surface area contributed by atoms with Gasteiger partial charge in [-0.05, 0) is 30.7 Å². The number of nitrogens with one attached hydrogen (secondary N) is 1. The Morgan fingerprint density at radius 3 is 2.52 bits per heavy atom. The number of urea groups is 1. The highest BCUT2D eigenvalue weighted by atomic mass is 32.1. The average molecular weight is 352 g/mol. The number of aromatic nitrogens is 1. The summed E-state index contributed by atoms with van der Waals surface area (Å²) in [6.07, 6.45) is 0. The van der Waals surface area contributed by atoms with Gasteiger partial charge in [0.05, 0.1) is 10.2 Å². The molecule has 0 unspecified atom stereocenters. The van der Waals surface area contributed by atoms with Gasteiger partial charge in [0.2, 0.25) is 0 Å². The third-order valence-corrected chi connectivity index (χ3v) is 5.55. The fraction of sp³-hybridized carbons (Fsp3) is 0.263. The number of thiazole rings is 1. The summed E-state index contributed by atoms with van der Waals surface area (Å²) in [7, 11) is 0. The molecule has 2 heterocycles. The van der Waals surface area contributed by atoms with E-state index in [0.29, 0.717) is 13.1 Å². The van der Waals surface area contributed by atoms with Gasteiger partial charge in [-0.15, -0.1) is 0 Å². The van der Waals surface area contributed by atoms with Gasteiger partial charge in [-0.1, -0.05) is 41.7 Å². The molecule has 3 aromatic rings. The van der Waals surface area contributed by atoms with Crippen LogP contribution < -0.4 is 10.2 Å². The Balaban J connectivity index is 1.40. The molecule has 1 N–H and O–H groups in total. The van der Waals surface area contributed by atoms with Crippen molar-refractivity contribution >= 4 is 38.4 Å². The smallest absolute Gasteiger partial charge is 0.321 e. The summed E-state index contributed by atoms with van der Waals surface area (Å²) in [6.45, 7) is 5.11. The number of fused-ring (bicyclic) bond motifs is 1. The number of anilines is 2. The van der Waals surface area contributed by atoms with Gasteiger partial charge >= 0.3 is 6.03 Å². The highest BCUT2D eigenvalue weighted by Gasteiger charge is 2.23. The van der Waals surface area contributed by atoms with E-state index in [0.717, 1.165) is 29.4 Å². The quantitative estimate of drug-likeness (QED) is 0.759. The topological polar surface area (TPSA) is 48.5 Å². The lowest BCUT2D eigenvalue weighted by Gasteiger charge is -2.34. The number of carbonyl (C=O) groups is 1. The monoisotopic (exact) mass is 352 g/mol. The number of hydrogen-bond acceptors (Lipinski definition) is 4. The van der Waals surface area contributed by atoms with Crippen molar-refractivity contribution in [3.05, 3.63) is 54.1 Å². The van der Waals surface area contributed by atoms with Crippen molar-refractivity contribution in [2.24, 2.45) is 0 Å². The molecule has 5 nitrogen and oxygen atoms in total. The van der Waals surface area contributed by atoms with Gasteiger partial charge < -0.3 is 15.1 Å². The van der Waals surface area contributed by atoms with Crippen molar-refractivity contribution in [1.82, 2.24) is 9.88 Å². The lowest BCUT2D eigenvalue weighted by Crippen LogP contribution is -2.50. The number of rotatable bonds is 2. The fourth-order valence-electron chi connectivity index (χ4n) is 3.03. The zero-order valence-electron chi connectivity index (χ0n) is 14.1. The number of aryl methyl sites for hydroxylation is 1. The van der Waals surface area contributed by atoms with E-state index in [4.69, 9.17) is 4.98 Å². The van der Waals surface area contributed by atoms with Crippen molar-refractivity contribution in [2.75, 3.05) is 36.4 Å². The van der Waals surface area contributed by atoms with E-state index in [-0.39, 0.29) is 6.03 Å². The Bertz CT molecular complexity index is 885. The van der Waals surface area contributed by atoms with E-state index >= 15 is 0 Å². The molecule has 2 aromatic carbocycles. The standard InChI is InChI=1S/C19H20N4OS/c1-14-6-5-9-16-17(14)21-19(25-16)23-12-10-22(11-13-23)18(24)20-15-7-3-2-4-8-15/h2-9H,10-13H2,1H3,(H,20,24). The molecule has 0 bridgehead atoms. The summed E-state index contributed by atoms with van der Waals surface area (Å²) in [4.78, 5) is 21.3. The summed E-state index contributed by atoms with van der Waals surface area (Å²) in [5.41, 5.74) is 3.13. The van der Waals surface area contributed by atoms with Crippen molar-refractivity contribution in [1.29, 1.82) is 0 Å². The van der Waals surface area contributed by atoms with Gasteiger partial charge in [-0.2, -0.15) is 0 Å². The van der Waals surface area contributed by atoms with Crippen molar-refractivity contribution < 1.29 is 4.79 Å². The van der Waals surface area contributed by atoms with Crippen LogP contribution in [0.25, 0.3) is 10.2 Å². The maximum atomic E-state index is 12.4. The van der Waals surface area contributed by atoms with Gasteiger partial charge in [-0.25, -0.2) is 9.78 Å². The molecule has 1 saturated heterocycles. The van der Waals surface area contributed by atoms with Gasteiger partial charge in [-0.3, -0.25) is 0 Å². The third-order valence-electron chi connectivity index (χ3n) is 4.47. The molecule has 1 aliphatic heterocycles. The van der Waals surface area contributed by atoms with Crippen molar-refractivity contribution in [3.8, 4) is 0 Å². The molecule has 0 atom stereocenters. The molecule has 1 aliphatic rings. The minimum absolute atomic E-state index is 0.0361. The van der Waals surface area contributed by atoms with Gasteiger partial charge in [0.1, 0.15) is 0 Å². The predicted octanol–water partition coefficient (Wildman–Crippen LogP) is 3.96.